The molecule has 2 aromatic carbocycles. The van der Waals surface area contributed by atoms with Gasteiger partial charge in [-0.15, -0.1) is 0 Å². The van der Waals surface area contributed by atoms with Crippen molar-refractivity contribution in [3.8, 4) is 11.5 Å². The van der Waals surface area contributed by atoms with E-state index in [9.17, 15) is 4.39 Å². The van der Waals surface area contributed by atoms with Crippen molar-refractivity contribution in [3.63, 3.8) is 0 Å². The summed E-state index contributed by atoms with van der Waals surface area (Å²) in [6, 6.07) is 14.5. The van der Waals surface area contributed by atoms with Crippen LogP contribution >= 0.6 is 0 Å². The number of pyridine rings is 1. The first-order valence-corrected chi connectivity index (χ1v) is 10.2. The van der Waals surface area contributed by atoms with Crippen molar-refractivity contribution in [2.75, 3.05) is 30.9 Å². The number of anilines is 3. The van der Waals surface area contributed by atoms with Crippen LogP contribution in [0.3, 0.4) is 0 Å². The van der Waals surface area contributed by atoms with Crippen molar-refractivity contribution in [2.45, 2.75) is 6.92 Å². The van der Waals surface area contributed by atoms with Gasteiger partial charge < -0.3 is 14.8 Å². The highest BCUT2D eigenvalue weighted by Crippen LogP contribution is 2.34. The molecule has 0 aliphatic rings. The quantitative estimate of drug-likeness (QED) is 0.321. The maximum absolute atomic E-state index is 13.6. The van der Waals surface area contributed by atoms with Crippen LogP contribution in [-0.2, 0) is 7.05 Å². The normalized spacial score (nSPS) is 10.8. The van der Waals surface area contributed by atoms with Gasteiger partial charge in [-0.1, -0.05) is 6.07 Å². The van der Waals surface area contributed by atoms with Crippen LogP contribution in [0.15, 0.2) is 61.1 Å². The fourth-order valence-corrected chi connectivity index (χ4v) is 3.34. The lowest BCUT2D eigenvalue weighted by atomic mass is 10.2. The minimum atomic E-state index is -0.249. The van der Waals surface area contributed by atoms with Crippen LogP contribution in [0.2, 0.25) is 0 Å². The highest BCUT2D eigenvalue weighted by molar-refractivity contribution is 5.93. The first-order chi connectivity index (χ1) is 15.5. The summed E-state index contributed by atoms with van der Waals surface area (Å²) < 4.78 is 27.1. The monoisotopic (exact) mass is 434 g/mol. The second-order valence-corrected chi connectivity index (χ2v) is 7.30. The molecule has 7 nitrogen and oxygen atoms in total. The maximum atomic E-state index is 13.6. The van der Waals surface area contributed by atoms with Crippen molar-refractivity contribution in [1.82, 2.24) is 9.97 Å². The number of hydrogen-bond donors (Lipinski definition) is 2. The van der Waals surface area contributed by atoms with Gasteiger partial charge >= 0.3 is 0 Å². The Morgan fingerprint density at radius 3 is 2.72 bits per heavy atom. The van der Waals surface area contributed by atoms with Crippen LogP contribution in [0.4, 0.5) is 21.7 Å². The second kappa shape index (κ2) is 9.47. The van der Waals surface area contributed by atoms with Crippen LogP contribution < -0.4 is 24.7 Å². The molecule has 4 rings (SSSR count). The van der Waals surface area contributed by atoms with Gasteiger partial charge in [0.25, 0.3) is 5.82 Å². The van der Waals surface area contributed by atoms with E-state index in [4.69, 9.17) is 9.47 Å². The summed E-state index contributed by atoms with van der Waals surface area (Å²) >= 11 is 0. The number of benzene rings is 2. The first kappa shape index (κ1) is 21.3. The van der Waals surface area contributed by atoms with Crippen molar-refractivity contribution in [1.29, 1.82) is 0 Å². The van der Waals surface area contributed by atoms with Gasteiger partial charge in [0.1, 0.15) is 31.1 Å². The number of aromatic nitrogens is 3. The van der Waals surface area contributed by atoms with Crippen molar-refractivity contribution in [3.05, 3.63) is 72.4 Å². The number of fused-ring (bicyclic) bond motifs is 1. The van der Waals surface area contributed by atoms with Crippen molar-refractivity contribution >= 4 is 28.2 Å². The lowest BCUT2D eigenvalue weighted by Crippen LogP contribution is -2.32. The Balaban J connectivity index is 1.54. The highest BCUT2D eigenvalue weighted by atomic mass is 19.1. The molecule has 0 saturated carbocycles. The molecule has 0 atom stereocenters. The average molecular weight is 434 g/mol. The van der Waals surface area contributed by atoms with E-state index in [1.807, 2.05) is 48.1 Å². The summed E-state index contributed by atoms with van der Waals surface area (Å²) in [7, 11) is 3.57. The van der Waals surface area contributed by atoms with Gasteiger partial charge in [-0.2, -0.15) is 0 Å². The minimum Gasteiger partial charge on any atom is -0.493 e. The van der Waals surface area contributed by atoms with Gasteiger partial charge in [0, 0.05) is 23.2 Å². The van der Waals surface area contributed by atoms with Gasteiger partial charge in [0.15, 0.2) is 11.5 Å². The number of methoxy groups -OCH3 is 1. The molecule has 0 amide bonds. The van der Waals surface area contributed by atoms with E-state index in [2.05, 4.69) is 20.6 Å². The Morgan fingerprint density at radius 2 is 1.94 bits per heavy atom. The van der Waals surface area contributed by atoms with E-state index in [0.717, 1.165) is 16.9 Å². The predicted octanol–water partition coefficient (Wildman–Crippen LogP) is 4.14. The van der Waals surface area contributed by atoms with Crippen molar-refractivity contribution in [2.24, 2.45) is 7.05 Å². The number of rotatable bonds is 8. The van der Waals surface area contributed by atoms with Gasteiger partial charge in [-0.25, -0.2) is 18.9 Å². The van der Waals surface area contributed by atoms with E-state index in [1.165, 1.54) is 12.4 Å². The zero-order valence-electron chi connectivity index (χ0n) is 18.2. The Hall–Kier alpha value is -3.94. The third-order valence-corrected chi connectivity index (χ3v) is 5.06. The number of aryl methyl sites for hydroxylation is 2. The van der Waals surface area contributed by atoms with E-state index in [1.54, 1.807) is 26.2 Å². The summed E-state index contributed by atoms with van der Waals surface area (Å²) in [5.41, 5.74) is 2.00. The van der Waals surface area contributed by atoms with E-state index >= 15 is 0 Å². The molecule has 0 fully saturated rings. The Kier molecular flexibility index (Phi) is 6.30. The molecule has 2 aromatic heterocycles. The van der Waals surface area contributed by atoms with Crippen LogP contribution in [0.25, 0.3) is 10.9 Å². The lowest BCUT2D eigenvalue weighted by Gasteiger charge is -2.14. The molecular weight excluding hydrogens is 409 g/mol. The largest absolute Gasteiger partial charge is 0.493 e. The molecule has 0 aliphatic heterocycles. The molecule has 0 spiro atoms. The van der Waals surface area contributed by atoms with E-state index in [0.29, 0.717) is 41.5 Å². The smallest absolute Gasteiger partial charge is 0.274 e. The highest BCUT2D eigenvalue weighted by Gasteiger charge is 2.13. The topological polar surface area (TPSA) is 72.2 Å². The Morgan fingerprint density at radius 1 is 1.06 bits per heavy atom. The number of halogens is 1. The Bertz CT molecular complexity index is 1250. The van der Waals surface area contributed by atoms with Gasteiger partial charge in [0.05, 0.1) is 25.9 Å². The second-order valence-electron chi connectivity index (χ2n) is 7.30. The molecule has 164 valence electrons. The van der Waals surface area contributed by atoms with Gasteiger partial charge in [0.2, 0.25) is 0 Å². The van der Waals surface area contributed by atoms with E-state index < -0.39 is 0 Å². The summed E-state index contributed by atoms with van der Waals surface area (Å²) in [4.78, 5) is 8.72. The number of ether oxygens (including phenoxy) is 2. The molecule has 0 bridgehead atoms. The molecule has 2 heterocycles. The van der Waals surface area contributed by atoms with Crippen LogP contribution in [0.5, 0.6) is 11.5 Å². The molecule has 0 unspecified atom stereocenters. The summed E-state index contributed by atoms with van der Waals surface area (Å²) in [5, 5.41) is 7.36. The molecule has 0 radical (unpaired) electrons. The summed E-state index contributed by atoms with van der Waals surface area (Å²) in [5.74, 6) is 2.53. The summed E-state index contributed by atoms with van der Waals surface area (Å²) in [6.45, 7) is 2.77. The zero-order chi connectivity index (χ0) is 22.5. The molecule has 4 aromatic rings. The van der Waals surface area contributed by atoms with Crippen LogP contribution in [0.1, 0.15) is 5.56 Å². The molecule has 8 heteroatoms. The minimum absolute atomic E-state index is 0.249. The standard InChI is InChI=1S/C24H24FN5O2/c1-16-12-17(7-8-19(16)25)29-24-18-13-22(21(31-3)14-20(18)27-15-28-24)32-11-9-26-23-6-4-5-10-30(23)2/h4-8,10,12-15H,9,11H2,1-3H3,(H,27,28,29)/p+1. The molecule has 2 N–H and O–H groups in total. The zero-order valence-corrected chi connectivity index (χ0v) is 18.2. The third-order valence-electron chi connectivity index (χ3n) is 5.06. The number of nitrogens with one attached hydrogen (secondary N) is 2. The molecule has 0 saturated heterocycles. The number of nitrogens with zero attached hydrogens (tertiary/aromatic N) is 3. The maximum Gasteiger partial charge on any atom is 0.274 e. The lowest BCUT2D eigenvalue weighted by molar-refractivity contribution is -0.657. The number of hydrogen-bond acceptors (Lipinski definition) is 6. The molecule has 32 heavy (non-hydrogen) atoms. The van der Waals surface area contributed by atoms with Crippen molar-refractivity contribution < 1.29 is 18.4 Å². The predicted molar refractivity (Wildman–Crippen MR) is 122 cm³/mol. The van der Waals surface area contributed by atoms with Crippen LogP contribution in [-0.4, -0.2) is 30.2 Å². The molecule has 0 aliphatic carbocycles. The fourth-order valence-electron chi connectivity index (χ4n) is 3.34. The van der Waals surface area contributed by atoms with E-state index in [-0.39, 0.29) is 5.82 Å². The van der Waals surface area contributed by atoms with Gasteiger partial charge in [-0.3, -0.25) is 5.32 Å². The third kappa shape index (κ3) is 4.69. The molecular formula is C24H25FN5O2+. The van der Waals surface area contributed by atoms with Gasteiger partial charge in [-0.05, 0) is 42.8 Å². The summed E-state index contributed by atoms with van der Waals surface area (Å²) in [6.07, 6.45) is 3.46. The SMILES string of the molecule is COc1cc2ncnc(Nc3ccc(F)c(C)c3)c2cc1OCCNc1cccc[n+]1C. The Labute approximate surface area is 185 Å². The van der Waals surface area contributed by atoms with Crippen LogP contribution in [0, 0.1) is 12.7 Å². The average Bonchev–Trinajstić information content (AvgIpc) is 2.80. The fraction of sp³-hybridized carbons (Fsp3) is 0.208. The first-order valence-electron chi connectivity index (χ1n) is 10.2.